The van der Waals surface area contributed by atoms with E-state index in [1.54, 1.807) is 0 Å². The van der Waals surface area contributed by atoms with Gasteiger partial charge in [-0.15, -0.1) is 0 Å². The number of allylic oxidation sites excluding steroid dienone is 1. The van der Waals surface area contributed by atoms with Gasteiger partial charge in [-0.05, 0) is 25.5 Å². The lowest BCUT2D eigenvalue weighted by Gasteiger charge is -1.91. The van der Waals surface area contributed by atoms with Gasteiger partial charge in [-0.2, -0.15) is 0 Å². The van der Waals surface area contributed by atoms with Gasteiger partial charge in [0.15, 0.2) is 11.3 Å². The smallest absolute Gasteiger partial charge is 0.215 e. The Bertz CT molecular complexity index is 540. The Morgan fingerprint density at radius 2 is 1.92 bits per heavy atom. The summed E-state index contributed by atoms with van der Waals surface area (Å²) in [6, 6.07) is 0. The van der Waals surface area contributed by atoms with E-state index in [1.165, 1.54) is 0 Å². The lowest BCUT2D eigenvalue weighted by molar-refractivity contribution is 0.449. The first kappa shape index (κ1) is 6.83. The Morgan fingerprint density at radius 1 is 1.15 bits per heavy atom. The van der Waals surface area contributed by atoms with Crippen LogP contribution in [0.15, 0.2) is 8.83 Å². The molecule has 13 heavy (non-hydrogen) atoms. The van der Waals surface area contributed by atoms with Crippen LogP contribution in [0.4, 0.5) is 0 Å². The van der Waals surface area contributed by atoms with E-state index < -0.39 is 0 Å². The summed E-state index contributed by atoms with van der Waals surface area (Å²) in [6.45, 7) is 3.81. The van der Waals surface area contributed by atoms with Crippen molar-refractivity contribution in [2.24, 2.45) is 0 Å². The molecule has 0 atom stereocenters. The van der Waals surface area contributed by atoms with Gasteiger partial charge in [0.05, 0.1) is 0 Å². The van der Waals surface area contributed by atoms with Crippen LogP contribution >= 0.6 is 0 Å². The van der Waals surface area contributed by atoms with Gasteiger partial charge in [-0.25, -0.2) is 0 Å². The molecular formula is C10H8O3. The molecule has 3 nitrogen and oxygen atoms in total. The zero-order valence-electron chi connectivity index (χ0n) is 7.34. The van der Waals surface area contributed by atoms with Crippen LogP contribution in [0.5, 0.6) is 5.75 Å². The standard InChI is InChI=1S/C10H8O3/c1-4-3-6-5(2)9-10(12-6)7(11)8(4)13-9/h3,11H,1-2H3. The van der Waals surface area contributed by atoms with Gasteiger partial charge < -0.3 is 13.9 Å². The molecule has 0 amide bonds. The second-order valence-electron chi connectivity index (χ2n) is 3.36. The number of rotatable bonds is 0. The van der Waals surface area contributed by atoms with Crippen LogP contribution in [0.3, 0.4) is 0 Å². The maximum atomic E-state index is 9.68. The fraction of sp³-hybridized carbons (Fsp3) is 0.200. The van der Waals surface area contributed by atoms with Gasteiger partial charge in [-0.1, -0.05) is 0 Å². The number of furan rings is 2. The highest BCUT2D eigenvalue weighted by Crippen LogP contribution is 2.44. The van der Waals surface area contributed by atoms with Crippen LogP contribution in [0.2, 0.25) is 0 Å². The van der Waals surface area contributed by atoms with E-state index in [1.807, 2.05) is 19.9 Å². The monoisotopic (exact) mass is 176 g/mol. The Morgan fingerprint density at radius 3 is 2.62 bits per heavy atom. The second-order valence-corrected chi connectivity index (χ2v) is 3.36. The van der Waals surface area contributed by atoms with Crippen LogP contribution in [0, 0.1) is 6.92 Å². The molecule has 2 aromatic rings. The van der Waals surface area contributed by atoms with Crippen molar-refractivity contribution in [1.29, 1.82) is 0 Å². The molecule has 3 heteroatoms. The number of aryl methyl sites for hydroxylation is 1. The number of hydrogen-bond donors (Lipinski definition) is 1. The van der Waals surface area contributed by atoms with Gasteiger partial charge in [0.1, 0.15) is 5.76 Å². The first-order chi connectivity index (χ1) is 6.18. The largest absolute Gasteiger partial charge is 0.502 e. The molecule has 0 fully saturated rings. The molecule has 4 bridgehead atoms. The van der Waals surface area contributed by atoms with E-state index >= 15 is 0 Å². The van der Waals surface area contributed by atoms with Crippen LogP contribution in [-0.2, 0) is 0 Å². The van der Waals surface area contributed by atoms with Gasteiger partial charge in [-0.3, -0.25) is 0 Å². The molecule has 2 aliphatic heterocycles. The van der Waals surface area contributed by atoms with E-state index in [9.17, 15) is 5.11 Å². The molecule has 1 N–H and O–H groups in total. The van der Waals surface area contributed by atoms with Gasteiger partial charge >= 0.3 is 0 Å². The maximum absolute atomic E-state index is 9.68. The molecule has 66 valence electrons. The Balaban J connectivity index is 2.65. The highest BCUT2D eigenvalue weighted by molar-refractivity contribution is 5.96. The SMILES string of the molecule is CC1=Cc2oc3c(O)c1oc3c2C. The van der Waals surface area contributed by atoms with Crippen molar-refractivity contribution in [3.05, 3.63) is 17.1 Å². The van der Waals surface area contributed by atoms with E-state index in [0.717, 1.165) is 16.9 Å². The van der Waals surface area contributed by atoms with Crippen LogP contribution in [0.25, 0.3) is 22.8 Å². The lowest BCUT2D eigenvalue weighted by Crippen LogP contribution is -1.73. The summed E-state index contributed by atoms with van der Waals surface area (Å²) < 4.78 is 10.9. The van der Waals surface area contributed by atoms with E-state index in [2.05, 4.69) is 0 Å². The Labute approximate surface area is 74.3 Å². The van der Waals surface area contributed by atoms with Crippen LogP contribution in [-0.4, -0.2) is 5.11 Å². The highest BCUT2D eigenvalue weighted by Gasteiger charge is 2.25. The minimum absolute atomic E-state index is 0.121. The molecule has 0 spiro atoms. The topological polar surface area (TPSA) is 46.5 Å². The van der Waals surface area contributed by atoms with E-state index in [-0.39, 0.29) is 5.75 Å². The highest BCUT2D eigenvalue weighted by atomic mass is 16.4. The molecule has 0 unspecified atom stereocenters. The molecule has 0 saturated carbocycles. The molecule has 2 aliphatic rings. The number of hydrogen-bond acceptors (Lipinski definition) is 3. The van der Waals surface area contributed by atoms with Crippen molar-refractivity contribution in [3.8, 4) is 5.75 Å². The fourth-order valence-electron chi connectivity index (χ4n) is 1.71. The van der Waals surface area contributed by atoms with E-state index in [0.29, 0.717) is 16.9 Å². The number of aromatic hydroxyl groups is 1. The van der Waals surface area contributed by atoms with Gasteiger partial charge in [0.2, 0.25) is 11.3 Å². The first-order valence-corrected chi connectivity index (χ1v) is 4.12. The lowest BCUT2D eigenvalue weighted by atomic mass is 10.1. The molecular weight excluding hydrogens is 168 g/mol. The zero-order chi connectivity index (χ0) is 9.16. The third-order valence-electron chi connectivity index (χ3n) is 2.47. The van der Waals surface area contributed by atoms with Crippen LogP contribution in [0.1, 0.15) is 24.0 Å². The summed E-state index contributed by atoms with van der Waals surface area (Å²) in [5.74, 6) is 1.43. The molecule has 2 aromatic heterocycles. The molecule has 0 aromatic carbocycles. The van der Waals surface area contributed by atoms with Crippen LogP contribution < -0.4 is 0 Å². The average molecular weight is 176 g/mol. The van der Waals surface area contributed by atoms with Crippen molar-refractivity contribution in [2.45, 2.75) is 13.8 Å². The molecule has 4 rings (SSSR count). The molecule has 0 saturated heterocycles. The van der Waals surface area contributed by atoms with Crippen molar-refractivity contribution in [3.63, 3.8) is 0 Å². The third-order valence-corrected chi connectivity index (χ3v) is 2.47. The summed E-state index contributed by atoms with van der Waals surface area (Å²) in [5, 5.41) is 9.68. The maximum Gasteiger partial charge on any atom is 0.215 e. The first-order valence-electron chi connectivity index (χ1n) is 4.12. The zero-order valence-corrected chi connectivity index (χ0v) is 7.34. The van der Waals surface area contributed by atoms with Gasteiger partial charge in [0, 0.05) is 5.56 Å². The molecule has 0 radical (unpaired) electrons. The summed E-state index contributed by atoms with van der Waals surface area (Å²) in [6.07, 6.45) is 1.88. The normalized spacial score (nSPS) is 14.2. The van der Waals surface area contributed by atoms with Crippen molar-refractivity contribution < 1.29 is 13.9 Å². The second kappa shape index (κ2) is 1.82. The van der Waals surface area contributed by atoms with Gasteiger partial charge in [0.25, 0.3) is 0 Å². The van der Waals surface area contributed by atoms with Crippen molar-refractivity contribution in [1.82, 2.24) is 0 Å². The minimum Gasteiger partial charge on any atom is -0.502 e. The van der Waals surface area contributed by atoms with Crippen molar-refractivity contribution in [2.75, 3.05) is 0 Å². The van der Waals surface area contributed by atoms with E-state index in [4.69, 9.17) is 8.83 Å². The molecule has 4 heterocycles. The Kier molecular flexibility index (Phi) is 0.954. The summed E-state index contributed by atoms with van der Waals surface area (Å²) in [5.41, 5.74) is 2.98. The Hall–Kier alpha value is -1.64. The third kappa shape index (κ3) is 0.613. The fourth-order valence-corrected chi connectivity index (χ4v) is 1.71. The summed E-state index contributed by atoms with van der Waals surface area (Å²) in [4.78, 5) is 0. The average Bonchev–Trinajstić information content (AvgIpc) is 2.45. The predicted octanol–water partition coefficient (Wildman–Crippen LogP) is 2.91. The molecule has 0 aliphatic carbocycles. The minimum atomic E-state index is 0.121. The predicted molar refractivity (Wildman–Crippen MR) is 48.4 cm³/mol. The summed E-state index contributed by atoms with van der Waals surface area (Å²) in [7, 11) is 0. The summed E-state index contributed by atoms with van der Waals surface area (Å²) >= 11 is 0. The quantitative estimate of drug-likeness (QED) is 0.671. The van der Waals surface area contributed by atoms with Crippen molar-refractivity contribution >= 4 is 22.8 Å².